The van der Waals surface area contributed by atoms with Crippen molar-refractivity contribution in [2.75, 3.05) is 6.61 Å². The summed E-state index contributed by atoms with van der Waals surface area (Å²) in [5.41, 5.74) is 1.58. The van der Waals surface area contributed by atoms with Crippen LogP contribution in [0, 0.1) is 17.5 Å². The molecule has 3 aromatic rings. The van der Waals surface area contributed by atoms with Gasteiger partial charge in [-0.3, -0.25) is 0 Å². The molecule has 0 radical (unpaired) electrons. The van der Waals surface area contributed by atoms with Crippen LogP contribution in [0.4, 0.5) is 13.2 Å². The zero-order valence-corrected chi connectivity index (χ0v) is 14.8. The van der Waals surface area contributed by atoms with E-state index in [0.717, 1.165) is 17.6 Å². The van der Waals surface area contributed by atoms with Crippen molar-refractivity contribution >= 4 is 16.9 Å². The number of esters is 1. The molecule has 0 saturated heterocycles. The third-order valence-electron chi connectivity index (χ3n) is 4.06. The fourth-order valence-corrected chi connectivity index (χ4v) is 2.73. The van der Waals surface area contributed by atoms with E-state index < -0.39 is 23.4 Å². The van der Waals surface area contributed by atoms with E-state index in [1.54, 1.807) is 19.2 Å². The van der Waals surface area contributed by atoms with Crippen molar-refractivity contribution in [3.8, 4) is 5.75 Å². The molecule has 0 aliphatic carbocycles. The number of aromatic nitrogens is 2. The van der Waals surface area contributed by atoms with Gasteiger partial charge in [0.25, 0.3) is 0 Å². The minimum Gasteiger partial charge on any atom is -0.486 e. The summed E-state index contributed by atoms with van der Waals surface area (Å²) in [6.45, 7) is 4.40. The second-order valence-electron chi connectivity index (χ2n) is 5.71. The average molecular weight is 378 g/mol. The number of carbonyl (C=O) groups excluding carboxylic acids is 1. The maximum absolute atomic E-state index is 13.8. The summed E-state index contributed by atoms with van der Waals surface area (Å²) in [5, 5.41) is 0.702. The first-order valence-electron chi connectivity index (χ1n) is 8.37. The molecule has 0 saturated carbocycles. The molecule has 2 heterocycles. The van der Waals surface area contributed by atoms with E-state index in [2.05, 4.69) is 4.98 Å². The second kappa shape index (κ2) is 7.69. The van der Waals surface area contributed by atoms with E-state index in [0.29, 0.717) is 17.5 Å². The first-order chi connectivity index (χ1) is 13.0. The molecule has 1 aromatic carbocycles. The number of benzene rings is 1. The fourth-order valence-electron chi connectivity index (χ4n) is 2.73. The quantitative estimate of drug-likeness (QED) is 0.476. The van der Waals surface area contributed by atoms with Gasteiger partial charge in [0.1, 0.15) is 12.3 Å². The lowest BCUT2D eigenvalue weighted by Crippen LogP contribution is -2.07. The molecule has 0 fully saturated rings. The molecular weight excluding hydrogens is 361 g/mol. The minimum atomic E-state index is -1.58. The van der Waals surface area contributed by atoms with Crippen LogP contribution in [-0.2, 0) is 17.9 Å². The maximum Gasteiger partial charge on any atom is 0.356 e. The van der Waals surface area contributed by atoms with Crippen molar-refractivity contribution in [3.05, 3.63) is 59.3 Å². The standard InChI is InChI=1S/C19H17F3N2O3/c1-3-24-9-11(10-27-16-6-5-13(20)17(21)18(16)22)12-8-23-14(7-15(12)24)19(25)26-4-2/h5-9H,3-4,10H2,1-2H3. The van der Waals surface area contributed by atoms with Gasteiger partial charge in [-0.25, -0.2) is 18.6 Å². The highest BCUT2D eigenvalue weighted by Gasteiger charge is 2.17. The van der Waals surface area contributed by atoms with Gasteiger partial charge in [-0.15, -0.1) is 0 Å². The highest BCUT2D eigenvalue weighted by atomic mass is 19.2. The summed E-state index contributed by atoms with van der Waals surface area (Å²) < 4.78 is 52.3. The van der Waals surface area contributed by atoms with Gasteiger partial charge in [0.15, 0.2) is 17.4 Å². The van der Waals surface area contributed by atoms with E-state index in [9.17, 15) is 18.0 Å². The van der Waals surface area contributed by atoms with Gasteiger partial charge in [0.2, 0.25) is 5.82 Å². The molecule has 0 atom stereocenters. The smallest absolute Gasteiger partial charge is 0.356 e. The SMILES string of the molecule is CCOC(=O)c1cc2c(cn1)c(COc1ccc(F)c(F)c1F)cn2CC. The van der Waals surface area contributed by atoms with Crippen molar-refractivity contribution < 1.29 is 27.4 Å². The Bertz CT molecular complexity index is 1000. The summed E-state index contributed by atoms with van der Waals surface area (Å²) in [6.07, 6.45) is 3.28. The molecular formula is C19H17F3N2O3. The van der Waals surface area contributed by atoms with Crippen LogP contribution in [0.5, 0.6) is 5.75 Å². The van der Waals surface area contributed by atoms with Crippen molar-refractivity contribution in [3.63, 3.8) is 0 Å². The summed E-state index contributed by atoms with van der Waals surface area (Å²) in [7, 11) is 0. The monoisotopic (exact) mass is 378 g/mol. The Kier molecular flexibility index (Phi) is 5.34. The molecule has 0 aliphatic heterocycles. The summed E-state index contributed by atoms with van der Waals surface area (Å²) in [6, 6.07) is 3.44. The first kappa shape index (κ1) is 18.8. The van der Waals surface area contributed by atoms with Crippen molar-refractivity contribution in [1.82, 2.24) is 9.55 Å². The van der Waals surface area contributed by atoms with Crippen LogP contribution in [0.25, 0.3) is 10.9 Å². The molecule has 0 spiro atoms. The summed E-state index contributed by atoms with van der Waals surface area (Å²) >= 11 is 0. The number of fused-ring (bicyclic) bond motifs is 1. The average Bonchev–Trinajstić information content (AvgIpc) is 3.03. The Morgan fingerprint density at radius 1 is 1.19 bits per heavy atom. The number of hydrogen-bond donors (Lipinski definition) is 0. The Morgan fingerprint density at radius 2 is 1.96 bits per heavy atom. The lowest BCUT2D eigenvalue weighted by molar-refractivity contribution is 0.0519. The lowest BCUT2D eigenvalue weighted by atomic mass is 10.2. The van der Waals surface area contributed by atoms with E-state index in [-0.39, 0.29) is 24.7 Å². The van der Waals surface area contributed by atoms with Crippen LogP contribution in [0.2, 0.25) is 0 Å². The minimum absolute atomic E-state index is 0.0775. The molecule has 0 N–H and O–H groups in total. The van der Waals surface area contributed by atoms with Gasteiger partial charge in [-0.1, -0.05) is 0 Å². The van der Waals surface area contributed by atoms with Crippen LogP contribution < -0.4 is 4.74 Å². The van der Waals surface area contributed by atoms with Gasteiger partial charge in [-0.05, 0) is 32.0 Å². The molecule has 0 unspecified atom stereocenters. The number of hydrogen-bond acceptors (Lipinski definition) is 4. The third kappa shape index (κ3) is 3.60. The summed E-state index contributed by atoms with van der Waals surface area (Å²) in [4.78, 5) is 16.0. The lowest BCUT2D eigenvalue weighted by Gasteiger charge is -2.07. The first-order valence-corrected chi connectivity index (χ1v) is 8.37. The predicted molar refractivity (Wildman–Crippen MR) is 92.0 cm³/mol. The number of pyridine rings is 1. The predicted octanol–water partition coefficient (Wildman–Crippen LogP) is 4.23. The van der Waals surface area contributed by atoms with Crippen molar-refractivity contribution in [2.24, 2.45) is 0 Å². The number of rotatable bonds is 6. The van der Waals surface area contributed by atoms with Crippen LogP contribution in [0.15, 0.2) is 30.6 Å². The third-order valence-corrected chi connectivity index (χ3v) is 4.06. The van der Waals surface area contributed by atoms with E-state index in [4.69, 9.17) is 9.47 Å². The van der Waals surface area contributed by atoms with Crippen molar-refractivity contribution in [1.29, 1.82) is 0 Å². The Morgan fingerprint density at radius 3 is 2.67 bits per heavy atom. The fraction of sp³-hybridized carbons (Fsp3) is 0.263. The van der Waals surface area contributed by atoms with E-state index in [1.165, 1.54) is 6.20 Å². The molecule has 2 aromatic heterocycles. The van der Waals surface area contributed by atoms with Gasteiger partial charge in [-0.2, -0.15) is 4.39 Å². The van der Waals surface area contributed by atoms with E-state index >= 15 is 0 Å². The van der Waals surface area contributed by atoms with E-state index in [1.807, 2.05) is 11.5 Å². The normalized spacial score (nSPS) is 11.0. The molecule has 0 aliphatic rings. The number of carbonyl (C=O) groups is 1. The van der Waals surface area contributed by atoms with Crippen LogP contribution >= 0.6 is 0 Å². The van der Waals surface area contributed by atoms with Crippen molar-refractivity contribution in [2.45, 2.75) is 27.0 Å². The Hall–Kier alpha value is -3.03. The largest absolute Gasteiger partial charge is 0.486 e. The number of nitrogens with zero attached hydrogens (tertiary/aromatic N) is 2. The van der Waals surface area contributed by atoms with Gasteiger partial charge in [0.05, 0.1) is 12.1 Å². The highest BCUT2D eigenvalue weighted by Crippen LogP contribution is 2.26. The highest BCUT2D eigenvalue weighted by molar-refractivity contribution is 5.93. The van der Waals surface area contributed by atoms with Crippen LogP contribution in [0.1, 0.15) is 29.9 Å². The number of ether oxygens (including phenoxy) is 2. The van der Waals surface area contributed by atoms with Gasteiger partial charge < -0.3 is 14.0 Å². The zero-order chi connectivity index (χ0) is 19.6. The number of aryl methyl sites for hydroxylation is 1. The molecule has 0 bridgehead atoms. The molecule has 142 valence electrons. The molecule has 5 nitrogen and oxygen atoms in total. The molecule has 27 heavy (non-hydrogen) atoms. The molecule has 0 amide bonds. The van der Waals surface area contributed by atoms with Gasteiger partial charge >= 0.3 is 5.97 Å². The van der Waals surface area contributed by atoms with Gasteiger partial charge in [0, 0.05) is 29.9 Å². The zero-order valence-electron chi connectivity index (χ0n) is 14.8. The van der Waals surface area contributed by atoms with Crippen LogP contribution in [0.3, 0.4) is 0 Å². The maximum atomic E-state index is 13.8. The second-order valence-corrected chi connectivity index (χ2v) is 5.71. The molecule has 8 heteroatoms. The molecule has 3 rings (SSSR count). The number of halogens is 3. The Balaban J connectivity index is 1.91. The van der Waals surface area contributed by atoms with Crippen LogP contribution in [-0.4, -0.2) is 22.1 Å². The Labute approximate surface area is 153 Å². The summed E-state index contributed by atoms with van der Waals surface area (Å²) in [5.74, 6) is -5.15. The topological polar surface area (TPSA) is 53.4 Å².